The van der Waals surface area contributed by atoms with Crippen molar-refractivity contribution in [3.63, 3.8) is 0 Å². The first-order valence-electron chi connectivity index (χ1n) is 8.58. The third-order valence-electron chi connectivity index (χ3n) is 4.78. The van der Waals surface area contributed by atoms with Crippen molar-refractivity contribution in [2.45, 2.75) is 31.1 Å². The number of aryl methyl sites for hydroxylation is 1. The van der Waals surface area contributed by atoms with E-state index in [1.807, 2.05) is 19.1 Å². The highest BCUT2D eigenvalue weighted by molar-refractivity contribution is 9.10. The number of hydrogen-bond acceptors (Lipinski definition) is 3. The molecule has 0 radical (unpaired) electrons. The van der Waals surface area contributed by atoms with E-state index in [0.29, 0.717) is 16.7 Å². The van der Waals surface area contributed by atoms with E-state index < -0.39 is 10.0 Å². The van der Waals surface area contributed by atoms with Gasteiger partial charge in [-0.1, -0.05) is 12.1 Å². The molecule has 1 fully saturated rings. The third kappa shape index (κ3) is 3.25. The van der Waals surface area contributed by atoms with E-state index in [-0.39, 0.29) is 16.7 Å². The van der Waals surface area contributed by atoms with Crippen molar-refractivity contribution in [2.24, 2.45) is 5.92 Å². The van der Waals surface area contributed by atoms with Crippen molar-refractivity contribution in [1.29, 1.82) is 0 Å². The average molecular weight is 435 g/mol. The molecule has 1 amide bonds. The van der Waals surface area contributed by atoms with Gasteiger partial charge in [-0.2, -0.15) is 0 Å². The summed E-state index contributed by atoms with van der Waals surface area (Å²) >= 11 is 3.39. The Morgan fingerprint density at radius 3 is 2.69 bits per heavy atom. The van der Waals surface area contributed by atoms with Gasteiger partial charge in [-0.15, -0.1) is 0 Å². The van der Waals surface area contributed by atoms with Crippen LogP contribution in [0.15, 0.2) is 45.8 Å². The minimum Gasteiger partial charge on any atom is -0.312 e. The highest BCUT2D eigenvalue weighted by Gasteiger charge is 2.37. The molecule has 1 heterocycles. The molecule has 1 aliphatic carbocycles. The van der Waals surface area contributed by atoms with Crippen LogP contribution in [0.5, 0.6) is 0 Å². The zero-order chi connectivity index (χ0) is 18.5. The molecule has 1 N–H and O–H groups in total. The van der Waals surface area contributed by atoms with Crippen molar-refractivity contribution in [2.75, 3.05) is 16.2 Å². The lowest BCUT2D eigenvalue weighted by molar-refractivity contribution is -0.119. The lowest BCUT2D eigenvalue weighted by atomic mass is 10.2. The molecule has 0 atom stereocenters. The number of rotatable bonds is 4. The number of carbonyl (C=O) groups is 1. The molecular weight excluding hydrogens is 416 g/mol. The Morgan fingerprint density at radius 2 is 2.00 bits per heavy atom. The highest BCUT2D eigenvalue weighted by atomic mass is 79.9. The minimum atomic E-state index is -3.77. The first-order chi connectivity index (χ1) is 12.3. The van der Waals surface area contributed by atoms with E-state index >= 15 is 0 Å². The Labute approximate surface area is 161 Å². The van der Waals surface area contributed by atoms with Crippen molar-refractivity contribution in [1.82, 2.24) is 0 Å². The van der Waals surface area contributed by atoms with E-state index in [9.17, 15) is 13.2 Å². The molecule has 4 rings (SSSR count). The number of carbonyl (C=O) groups excluding carboxylic acids is 1. The van der Waals surface area contributed by atoms with Gasteiger partial charge in [0.05, 0.1) is 0 Å². The molecule has 5 nitrogen and oxygen atoms in total. The maximum Gasteiger partial charge on any atom is 0.263 e. The molecule has 0 spiro atoms. The van der Waals surface area contributed by atoms with Gasteiger partial charge in [-0.05, 0) is 77.5 Å². The zero-order valence-corrected chi connectivity index (χ0v) is 16.7. The van der Waals surface area contributed by atoms with E-state index in [0.717, 1.165) is 36.1 Å². The molecule has 2 aliphatic rings. The van der Waals surface area contributed by atoms with Crippen LogP contribution < -0.4 is 9.62 Å². The predicted molar refractivity (Wildman–Crippen MR) is 105 cm³/mol. The largest absolute Gasteiger partial charge is 0.312 e. The predicted octanol–water partition coefficient (Wildman–Crippen LogP) is 3.86. The van der Waals surface area contributed by atoms with Crippen molar-refractivity contribution < 1.29 is 13.2 Å². The van der Waals surface area contributed by atoms with Gasteiger partial charge in [0.1, 0.15) is 4.90 Å². The lowest BCUT2D eigenvalue weighted by Gasteiger charge is -2.19. The van der Waals surface area contributed by atoms with E-state index in [1.165, 1.54) is 0 Å². The van der Waals surface area contributed by atoms with Gasteiger partial charge in [-0.3, -0.25) is 9.52 Å². The van der Waals surface area contributed by atoms with Crippen LogP contribution in [0.3, 0.4) is 0 Å². The molecule has 0 aromatic heterocycles. The summed E-state index contributed by atoms with van der Waals surface area (Å²) in [5.41, 5.74) is 3.21. The number of nitrogens with one attached hydrogen (secondary N) is 1. The van der Waals surface area contributed by atoms with E-state index in [4.69, 9.17) is 0 Å². The van der Waals surface area contributed by atoms with Gasteiger partial charge in [0.2, 0.25) is 5.91 Å². The molecule has 2 aromatic rings. The van der Waals surface area contributed by atoms with Crippen LogP contribution >= 0.6 is 15.9 Å². The number of sulfonamides is 1. The smallest absolute Gasteiger partial charge is 0.263 e. The number of benzene rings is 2. The summed E-state index contributed by atoms with van der Waals surface area (Å²) < 4.78 is 29.0. The molecule has 7 heteroatoms. The average Bonchev–Trinajstić information content (AvgIpc) is 3.33. The van der Waals surface area contributed by atoms with Gasteiger partial charge >= 0.3 is 0 Å². The fraction of sp³-hybridized carbons (Fsp3) is 0.316. The number of amides is 1. The normalized spacial score (nSPS) is 16.5. The van der Waals surface area contributed by atoms with E-state index in [1.54, 1.807) is 29.2 Å². The van der Waals surface area contributed by atoms with Gasteiger partial charge in [0, 0.05) is 28.3 Å². The molecule has 2 aromatic carbocycles. The van der Waals surface area contributed by atoms with Crippen molar-refractivity contribution in [3.05, 3.63) is 52.0 Å². The zero-order valence-electron chi connectivity index (χ0n) is 14.3. The van der Waals surface area contributed by atoms with Gasteiger partial charge in [0.25, 0.3) is 10.0 Å². The SMILES string of the molecule is Cc1cccc(NS(=O)(=O)c2cc3c(cc2Br)CCN3C(=O)C2CC2)c1. The summed E-state index contributed by atoms with van der Waals surface area (Å²) in [5, 5.41) is 0. The second kappa shape index (κ2) is 6.39. The topological polar surface area (TPSA) is 66.5 Å². The number of anilines is 2. The quantitative estimate of drug-likeness (QED) is 0.794. The van der Waals surface area contributed by atoms with E-state index in [2.05, 4.69) is 20.7 Å². The minimum absolute atomic E-state index is 0.107. The Morgan fingerprint density at radius 1 is 1.23 bits per heavy atom. The summed E-state index contributed by atoms with van der Waals surface area (Å²) in [6.07, 6.45) is 2.61. The van der Waals surface area contributed by atoms with Crippen molar-refractivity contribution in [3.8, 4) is 0 Å². The molecule has 1 aliphatic heterocycles. The van der Waals surface area contributed by atoms with Gasteiger partial charge in [-0.25, -0.2) is 8.42 Å². The molecule has 1 saturated carbocycles. The Hall–Kier alpha value is -1.86. The molecule has 0 unspecified atom stereocenters. The monoisotopic (exact) mass is 434 g/mol. The third-order valence-corrected chi connectivity index (χ3v) is 7.12. The standard InChI is InChI=1S/C19H19BrN2O3S/c1-12-3-2-4-15(9-12)21-26(24,25)18-11-17-14(10-16(18)20)7-8-22(17)19(23)13-5-6-13/h2-4,9-11,13,21H,5-8H2,1H3. The summed E-state index contributed by atoms with van der Waals surface area (Å²) in [6.45, 7) is 2.52. The number of halogens is 1. The van der Waals surface area contributed by atoms with Crippen LogP contribution in [-0.2, 0) is 21.2 Å². The summed E-state index contributed by atoms with van der Waals surface area (Å²) in [6, 6.07) is 10.6. The number of hydrogen-bond donors (Lipinski definition) is 1. The van der Waals surface area contributed by atoms with Crippen LogP contribution in [-0.4, -0.2) is 20.9 Å². The van der Waals surface area contributed by atoms with Gasteiger partial charge in [0.15, 0.2) is 0 Å². The van der Waals surface area contributed by atoms with Gasteiger partial charge < -0.3 is 4.90 Å². The van der Waals surface area contributed by atoms with Crippen LogP contribution in [0.2, 0.25) is 0 Å². The lowest BCUT2D eigenvalue weighted by Crippen LogP contribution is -2.30. The first kappa shape index (κ1) is 17.5. The van der Waals surface area contributed by atoms with Crippen LogP contribution in [0.25, 0.3) is 0 Å². The molecule has 26 heavy (non-hydrogen) atoms. The molecule has 0 saturated heterocycles. The molecular formula is C19H19BrN2O3S. The Bertz CT molecular complexity index is 1000. The fourth-order valence-electron chi connectivity index (χ4n) is 3.29. The van der Waals surface area contributed by atoms with Crippen LogP contribution in [0.4, 0.5) is 11.4 Å². The summed E-state index contributed by atoms with van der Waals surface area (Å²) in [5.74, 6) is 0.219. The summed E-state index contributed by atoms with van der Waals surface area (Å²) in [4.78, 5) is 14.4. The maximum atomic E-state index is 12.9. The number of fused-ring (bicyclic) bond motifs is 1. The Kier molecular flexibility index (Phi) is 4.31. The molecule has 0 bridgehead atoms. The Balaban J connectivity index is 1.70. The second-order valence-electron chi connectivity index (χ2n) is 6.90. The highest BCUT2D eigenvalue weighted by Crippen LogP contribution is 2.39. The second-order valence-corrected chi connectivity index (χ2v) is 9.41. The molecule has 136 valence electrons. The number of nitrogens with zero attached hydrogens (tertiary/aromatic N) is 1. The van der Waals surface area contributed by atoms with Crippen LogP contribution in [0.1, 0.15) is 24.0 Å². The summed E-state index contributed by atoms with van der Waals surface area (Å²) in [7, 11) is -3.77. The maximum absolute atomic E-state index is 12.9. The fourth-order valence-corrected chi connectivity index (χ4v) is 5.45. The van der Waals surface area contributed by atoms with Crippen LogP contribution in [0, 0.1) is 12.8 Å². The first-order valence-corrected chi connectivity index (χ1v) is 10.9. The van der Waals surface area contributed by atoms with Crippen molar-refractivity contribution >= 4 is 43.2 Å².